The Kier molecular flexibility index (Phi) is 4.35. The molecule has 2 rings (SSSR count). The largest absolute Gasteiger partial charge is 0.480 e. The molecule has 0 aliphatic rings. The molecule has 3 nitrogen and oxygen atoms in total. The fourth-order valence-corrected chi connectivity index (χ4v) is 2.35. The Labute approximate surface area is 122 Å². The Morgan fingerprint density at radius 1 is 1.10 bits per heavy atom. The first-order valence-electron chi connectivity index (χ1n) is 6.18. The van der Waals surface area contributed by atoms with Crippen LogP contribution in [0.1, 0.15) is 12.5 Å². The molecule has 0 heterocycles. The lowest BCUT2D eigenvalue weighted by Gasteiger charge is -2.23. The summed E-state index contributed by atoms with van der Waals surface area (Å²) in [4.78, 5) is 11.5. The summed E-state index contributed by atoms with van der Waals surface area (Å²) in [6, 6.07) is 16.6. The van der Waals surface area contributed by atoms with Gasteiger partial charge in [0.05, 0.1) is 0 Å². The molecular formula is C16H16O3S. The van der Waals surface area contributed by atoms with E-state index in [1.54, 1.807) is 19.2 Å². The van der Waals surface area contributed by atoms with E-state index in [2.05, 4.69) is 0 Å². The fraction of sp³-hybridized carbons (Fsp3) is 0.188. The minimum atomic E-state index is -0.976. The number of hydrogen-bond donors (Lipinski definition) is 1. The number of ether oxygens (including phenoxy) is 1. The maximum Gasteiger partial charge on any atom is 0.324 e. The molecule has 2 aromatic rings. The van der Waals surface area contributed by atoms with Crippen molar-refractivity contribution in [3.05, 3.63) is 60.2 Å². The zero-order valence-corrected chi connectivity index (χ0v) is 12.2. The number of benzene rings is 2. The zero-order valence-electron chi connectivity index (χ0n) is 11.4. The number of hydrogen-bond acceptors (Lipinski definition) is 3. The highest BCUT2D eigenvalue weighted by molar-refractivity contribution is 8.00. The second kappa shape index (κ2) is 6.01. The SMILES string of the molecule is CSC(C)(C(=O)O)c1cccc(Oc2ccccc2)c1. The van der Waals surface area contributed by atoms with Crippen LogP contribution in [0.15, 0.2) is 54.6 Å². The number of thioether (sulfide) groups is 1. The highest BCUT2D eigenvalue weighted by Crippen LogP contribution is 2.36. The average molecular weight is 288 g/mol. The van der Waals surface area contributed by atoms with Crippen molar-refractivity contribution in [3.63, 3.8) is 0 Å². The predicted octanol–water partition coefficient (Wildman–Crippen LogP) is 4.14. The van der Waals surface area contributed by atoms with Crippen LogP contribution < -0.4 is 4.74 Å². The Bertz CT molecular complexity index is 598. The molecule has 20 heavy (non-hydrogen) atoms. The second-order valence-corrected chi connectivity index (χ2v) is 5.71. The van der Waals surface area contributed by atoms with Crippen LogP contribution in [0.4, 0.5) is 0 Å². The lowest BCUT2D eigenvalue weighted by Crippen LogP contribution is -2.28. The zero-order chi connectivity index (χ0) is 14.6. The van der Waals surface area contributed by atoms with Gasteiger partial charge in [-0.1, -0.05) is 30.3 Å². The van der Waals surface area contributed by atoms with Crippen molar-refractivity contribution in [2.75, 3.05) is 6.26 Å². The molecule has 4 heteroatoms. The van der Waals surface area contributed by atoms with Gasteiger partial charge in [-0.05, 0) is 43.0 Å². The van der Waals surface area contributed by atoms with E-state index in [1.807, 2.05) is 48.5 Å². The minimum absolute atomic E-state index is 0.634. The maximum absolute atomic E-state index is 11.5. The van der Waals surface area contributed by atoms with Gasteiger partial charge in [0.1, 0.15) is 16.2 Å². The van der Waals surface area contributed by atoms with E-state index < -0.39 is 10.7 Å². The van der Waals surface area contributed by atoms with Gasteiger partial charge in [-0.15, -0.1) is 11.8 Å². The van der Waals surface area contributed by atoms with Crippen LogP contribution in [0.2, 0.25) is 0 Å². The Morgan fingerprint density at radius 3 is 2.35 bits per heavy atom. The van der Waals surface area contributed by atoms with Crippen molar-refractivity contribution in [2.24, 2.45) is 0 Å². The lowest BCUT2D eigenvalue weighted by atomic mass is 10.0. The number of carbonyl (C=O) groups is 1. The molecular weight excluding hydrogens is 272 g/mol. The van der Waals surface area contributed by atoms with Gasteiger partial charge in [0.25, 0.3) is 0 Å². The third kappa shape index (κ3) is 2.96. The first-order valence-corrected chi connectivity index (χ1v) is 7.41. The highest BCUT2D eigenvalue weighted by atomic mass is 32.2. The summed E-state index contributed by atoms with van der Waals surface area (Å²) in [5.41, 5.74) is 0.714. The molecule has 104 valence electrons. The molecule has 1 atom stereocenters. The van der Waals surface area contributed by atoms with Crippen LogP contribution in [0.3, 0.4) is 0 Å². The lowest BCUT2D eigenvalue weighted by molar-refractivity contribution is -0.139. The minimum Gasteiger partial charge on any atom is -0.480 e. The van der Waals surface area contributed by atoms with Gasteiger partial charge in [0, 0.05) is 0 Å². The molecule has 0 amide bonds. The number of para-hydroxylation sites is 1. The van der Waals surface area contributed by atoms with Gasteiger partial charge in [-0.25, -0.2) is 0 Å². The second-order valence-electron chi connectivity index (χ2n) is 4.49. The third-order valence-electron chi connectivity index (χ3n) is 3.18. The maximum atomic E-state index is 11.5. The van der Waals surface area contributed by atoms with Crippen LogP contribution in [-0.4, -0.2) is 17.3 Å². The first kappa shape index (κ1) is 14.5. The summed E-state index contributed by atoms with van der Waals surface area (Å²) in [5, 5.41) is 9.40. The van der Waals surface area contributed by atoms with Crippen molar-refractivity contribution < 1.29 is 14.6 Å². The van der Waals surface area contributed by atoms with Crippen molar-refractivity contribution >= 4 is 17.7 Å². The summed E-state index contributed by atoms with van der Waals surface area (Å²) < 4.78 is 4.76. The summed E-state index contributed by atoms with van der Waals surface area (Å²) in [5.74, 6) is 0.503. The van der Waals surface area contributed by atoms with E-state index >= 15 is 0 Å². The molecule has 1 unspecified atom stereocenters. The molecule has 0 radical (unpaired) electrons. The molecule has 0 saturated heterocycles. The van der Waals surface area contributed by atoms with Crippen LogP contribution in [0.5, 0.6) is 11.5 Å². The molecule has 0 aliphatic carbocycles. The van der Waals surface area contributed by atoms with Crippen molar-refractivity contribution in [2.45, 2.75) is 11.7 Å². The smallest absolute Gasteiger partial charge is 0.324 e. The average Bonchev–Trinajstić information content (AvgIpc) is 2.47. The molecule has 0 bridgehead atoms. The van der Waals surface area contributed by atoms with Gasteiger partial charge >= 0.3 is 5.97 Å². The topological polar surface area (TPSA) is 46.5 Å². The van der Waals surface area contributed by atoms with Gasteiger partial charge in [0.2, 0.25) is 0 Å². The van der Waals surface area contributed by atoms with Crippen molar-refractivity contribution in [3.8, 4) is 11.5 Å². The van der Waals surface area contributed by atoms with E-state index in [-0.39, 0.29) is 0 Å². The number of carboxylic acid groups (broad SMARTS) is 1. The quantitative estimate of drug-likeness (QED) is 0.898. The predicted molar refractivity (Wildman–Crippen MR) is 81.5 cm³/mol. The number of carboxylic acids is 1. The highest BCUT2D eigenvalue weighted by Gasteiger charge is 2.34. The first-order chi connectivity index (χ1) is 9.56. The van der Waals surface area contributed by atoms with Crippen LogP contribution in [0.25, 0.3) is 0 Å². The van der Waals surface area contributed by atoms with E-state index in [9.17, 15) is 9.90 Å². The summed E-state index contributed by atoms with van der Waals surface area (Å²) >= 11 is 1.29. The van der Waals surface area contributed by atoms with E-state index in [1.165, 1.54) is 11.8 Å². The van der Waals surface area contributed by atoms with Gasteiger partial charge in [0.15, 0.2) is 0 Å². The Hall–Kier alpha value is -1.94. The molecule has 0 aromatic heterocycles. The van der Waals surface area contributed by atoms with Crippen molar-refractivity contribution in [1.82, 2.24) is 0 Å². The number of aliphatic carboxylic acids is 1. The standard InChI is InChI=1S/C16H16O3S/c1-16(20-2,15(17)18)12-7-6-10-14(11-12)19-13-8-4-3-5-9-13/h3-11H,1-2H3,(H,17,18). The fourth-order valence-electron chi connectivity index (χ4n) is 1.81. The monoisotopic (exact) mass is 288 g/mol. The van der Waals surface area contributed by atoms with Crippen LogP contribution in [0, 0.1) is 0 Å². The van der Waals surface area contributed by atoms with Crippen molar-refractivity contribution in [1.29, 1.82) is 0 Å². The van der Waals surface area contributed by atoms with E-state index in [0.29, 0.717) is 11.3 Å². The van der Waals surface area contributed by atoms with E-state index in [4.69, 9.17) is 4.74 Å². The normalized spacial score (nSPS) is 13.5. The Balaban J connectivity index is 2.31. The molecule has 1 N–H and O–H groups in total. The summed E-state index contributed by atoms with van der Waals surface area (Å²) in [6.45, 7) is 1.70. The summed E-state index contributed by atoms with van der Waals surface area (Å²) in [6.07, 6.45) is 1.79. The van der Waals surface area contributed by atoms with Crippen LogP contribution >= 0.6 is 11.8 Å². The molecule has 0 aliphatic heterocycles. The van der Waals surface area contributed by atoms with Gasteiger partial charge in [-0.3, -0.25) is 4.79 Å². The van der Waals surface area contributed by atoms with Crippen LogP contribution in [-0.2, 0) is 9.54 Å². The molecule has 0 saturated carbocycles. The molecule has 0 fully saturated rings. The Morgan fingerprint density at radius 2 is 1.75 bits per heavy atom. The van der Waals surface area contributed by atoms with Gasteiger partial charge in [-0.2, -0.15) is 0 Å². The number of rotatable bonds is 5. The molecule has 0 spiro atoms. The molecule has 2 aromatic carbocycles. The van der Waals surface area contributed by atoms with Gasteiger partial charge < -0.3 is 9.84 Å². The third-order valence-corrected chi connectivity index (χ3v) is 4.41. The summed E-state index contributed by atoms with van der Waals surface area (Å²) in [7, 11) is 0. The van der Waals surface area contributed by atoms with E-state index in [0.717, 1.165) is 5.75 Å².